The highest BCUT2D eigenvalue weighted by atomic mass is 16.2. The molecule has 1 aromatic rings. The topological polar surface area (TPSA) is 70.1 Å². The van der Waals surface area contributed by atoms with Crippen molar-refractivity contribution in [3.63, 3.8) is 0 Å². The van der Waals surface area contributed by atoms with Gasteiger partial charge in [-0.2, -0.15) is 5.26 Å². The maximum atomic E-state index is 11.7. The van der Waals surface area contributed by atoms with Crippen molar-refractivity contribution >= 4 is 11.6 Å². The minimum absolute atomic E-state index is 0.0885. The first-order valence-electron chi connectivity index (χ1n) is 5.25. The van der Waals surface area contributed by atoms with E-state index in [2.05, 4.69) is 6.07 Å². The molecular weight excluding hydrogens is 202 g/mol. The Bertz CT molecular complexity index is 450. The third-order valence-corrected chi connectivity index (χ3v) is 2.83. The molecule has 16 heavy (non-hydrogen) atoms. The van der Waals surface area contributed by atoms with Crippen molar-refractivity contribution in [3.05, 3.63) is 29.8 Å². The van der Waals surface area contributed by atoms with E-state index < -0.39 is 0 Å². The molecule has 4 nitrogen and oxygen atoms in total. The molecule has 2 rings (SSSR count). The molecule has 1 saturated heterocycles. The maximum Gasteiger partial charge on any atom is 0.227 e. The van der Waals surface area contributed by atoms with Gasteiger partial charge in [0.15, 0.2) is 0 Å². The van der Waals surface area contributed by atoms with Gasteiger partial charge >= 0.3 is 0 Å². The lowest BCUT2D eigenvalue weighted by Gasteiger charge is -2.16. The average molecular weight is 215 g/mol. The molecule has 0 radical (unpaired) electrons. The van der Waals surface area contributed by atoms with Crippen LogP contribution in [0.15, 0.2) is 24.3 Å². The summed E-state index contributed by atoms with van der Waals surface area (Å²) in [5.74, 6) is 0.323. The molecule has 1 fully saturated rings. The first-order valence-corrected chi connectivity index (χ1v) is 5.25. The summed E-state index contributed by atoms with van der Waals surface area (Å²) >= 11 is 0. The van der Waals surface area contributed by atoms with Crippen LogP contribution in [0.1, 0.15) is 12.0 Å². The predicted molar refractivity (Wildman–Crippen MR) is 60.7 cm³/mol. The third-order valence-electron chi connectivity index (χ3n) is 2.83. The molecule has 1 atom stereocenters. The monoisotopic (exact) mass is 215 g/mol. The number of amides is 1. The number of benzene rings is 1. The SMILES string of the molecule is N#Cc1cccc(N2CC(CN)CC2=O)c1. The lowest BCUT2D eigenvalue weighted by atomic mass is 10.1. The Morgan fingerprint density at radius 1 is 1.56 bits per heavy atom. The van der Waals surface area contributed by atoms with Gasteiger partial charge in [0.2, 0.25) is 5.91 Å². The van der Waals surface area contributed by atoms with Crippen LogP contribution in [0.2, 0.25) is 0 Å². The molecule has 2 N–H and O–H groups in total. The zero-order valence-electron chi connectivity index (χ0n) is 8.89. The lowest BCUT2D eigenvalue weighted by molar-refractivity contribution is -0.117. The van der Waals surface area contributed by atoms with Crippen LogP contribution in [-0.4, -0.2) is 19.0 Å². The van der Waals surface area contributed by atoms with Crippen molar-refractivity contribution in [2.24, 2.45) is 11.7 Å². The Kier molecular flexibility index (Phi) is 2.88. The second-order valence-electron chi connectivity index (χ2n) is 3.97. The molecular formula is C12H13N3O. The minimum Gasteiger partial charge on any atom is -0.330 e. The maximum absolute atomic E-state index is 11.7. The number of nitriles is 1. The number of carbonyl (C=O) groups is 1. The van der Waals surface area contributed by atoms with Gasteiger partial charge in [-0.3, -0.25) is 4.79 Å². The zero-order valence-corrected chi connectivity index (χ0v) is 8.89. The second-order valence-corrected chi connectivity index (χ2v) is 3.97. The van der Waals surface area contributed by atoms with E-state index in [1.165, 1.54) is 0 Å². The summed E-state index contributed by atoms with van der Waals surface area (Å²) in [6.45, 7) is 1.18. The minimum atomic E-state index is 0.0885. The fourth-order valence-electron chi connectivity index (χ4n) is 1.93. The fourth-order valence-corrected chi connectivity index (χ4v) is 1.93. The number of hydrogen-bond donors (Lipinski definition) is 1. The Morgan fingerprint density at radius 2 is 2.38 bits per heavy atom. The molecule has 1 aromatic carbocycles. The van der Waals surface area contributed by atoms with Gasteiger partial charge in [-0.05, 0) is 30.7 Å². The number of nitrogens with zero attached hydrogens (tertiary/aromatic N) is 2. The molecule has 0 saturated carbocycles. The summed E-state index contributed by atoms with van der Waals surface area (Å²) in [5.41, 5.74) is 6.92. The summed E-state index contributed by atoms with van der Waals surface area (Å²) in [5, 5.41) is 8.80. The van der Waals surface area contributed by atoms with Crippen LogP contribution in [0.25, 0.3) is 0 Å². The summed E-state index contributed by atoms with van der Waals surface area (Å²) in [6.07, 6.45) is 0.507. The molecule has 82 valence electrons. The van der Waals surface area contributed by atoms with Crippen molar-refractivity contribution in [2.45, 2.75) is 6.42 Å². The van der Waals surface area contributed by atoms with E-state index in [1.54, 1.807) is 23.1 Å². The Hall–Kier alpha value is -1.86. The van der Waals surface area contributed by atoms with Crippen LogP contribution in [-0.2, 0) is 4.79 Å². The van der Waals surface area contributed by atoms with Crippen LogP contribution >= 0.6 is 0 Å². The highest BCUT2D eigenvalue weighted by Gasteiger charge is 2.29. The smallest absolute Gasteiger partial charge is 0.227 e. The number of rotatable bonds is 2. The number of nitrogens with two attached hydrogens (primary N) is 1. The lowest BCUT2D eigenvalue weighted by Crippen LogP contribution is -2.25. The largest absolute Gasteiger partial charge is 0.330 e. The standard InChI is InChI=1S/C12H13N3O/c13-6-9-2-1-3-11(4-9)15-8-10(7-14)5-12(15)16/h1-4,10H,5,7-8,14H2. The van der Waals surface area contributed by atoms with E-state index in [9.17, 15) is 4.79 Å². The molecule has 0 aromatic heterocycles. The molecule has 0 spiro atoms. The van der Waals surface area contributed by atoms with Gasteiger partial charge in [-0.15, -0.1) is 0 Å². The first kappa shape index (κ1) is 10.7. The van der Waals surface area contributed by atoms with Gasteiger partial charge in [0.1, 0.15) is 0 Å². The molecule has 0 aliphatic carbocycles. The average Bonchev–Trinajstić information content (AvgIpc) is 2.71. The number of anilines is 1. The Labute approximate surface area is 94.3 Å². The van der Waals surface area contributed by atoms with Gasteiger partial charge < -0.3 is 10.6 Å². The summed E-state index contributed by atoms with van der Waals surface area (Å²) in [6, 6.07) is 9.16. The van der Waals surface area contributed by atoms with Crippen molar-refractivity contribution in [3.8, 4) is 6.07 Å². The summed E-state index contributed by atoms with van der Waals surface area (Å²) in [4.78, 5) is 13.4. The van der Waals surface area contributed by atoms with E-state index >= 15 is 0 Å². The quantitative estimate of drug-likeness (QED) is 0.795. The molecule has 1 heterocycles. The molecule has 1 aliphatic heterocycles. The second kappa shape index (κ2) is 4.33. The molecule has 4 heteroatoms. The van der Waals surface area contributed by atoms with Gasteiger partial charge in [0.05, 0.1) is 11.6 Å². The normalized spacial score (nSPS) is 19.9. The zero-order chi connectivity index (χ0) is 11.5. The van der Waals surface area contributed by atoms with E-state index in [1.807, 2.05) is 6.07 Å². The molecule has 1 amide bonds. The highest BCUT2D eigenvalue weighted by Crippen LogP contribution is 2.24. The number of carbonyl (C=O) groups excluding carboxylic acids is 1. The van der Waals surface area contributed by atoms with Gasteiger partial charge in [0.25, 0.3) is 0 Å². The molecule has 1 aliphatic rings. The van der Waals surface area contributed by atoms with Crippen molar-refractivity contribution in [1.29, 1.82) is 5.26 Å². The molecule has 0 bridgehead atoms. The van der Waals surface area contributed by atoms with Crippen LogP contribution in [0.5, 0.6) is 0 Å². The first-order chi connectivity index (χ1) is 7.74. The van der Waals surface area contributed by atoms with Gasteiger partial charge in [0, 0.05) is 18.7 Å². The predicted octanol–water partition coefficient (Wildman–Crippen LogP) is 0.870. The summed E-state index contributed by atoms with van der Waals surface area (Å²) < 4.78 is 0. The summed E-state index contributed by atoms with van der Waals surface area (Å²) in [7, 11) is 0. The van der Waals surface area contributed by atoms with E-state index in [-0.39, 0.29) is 11.8 Å². The van der Waals surface area contributed by atoms with Crippen molar-refractivity contribution in [2.75, 3.05) is 18.0 Å². The van der Waals surface area contributed by atoms with Crippen LogP contribution in [0, 0.1) is 17.2 Å². The van der Waals surface area contributed by atoms with E-state index in [0.29, 0.717) is 25.1 Å². The van der Waals surface area contributed by atoms with Crippen LogP contribution < -0.4 is 10.6 Å². The van der Waals surface area contributed by atoms with Gasteiger partial charge in [-0.1, -0.05) is 6.07 Å². The Morgan fingerprint density at radius 3 is 3.00 bits per heavy atom. The van der Waals surface area contributed by atoms with E-state index in [4.69, 9.17) is 11.0 Å². The van der Waals surface area contributed by atoms with E-state index in [0.717, 1.165) is 5.69 Å². The van der Waals surface area contributed by atoms with Crippen molar-refractivity contribution < 1.29 is 4.79 Å². The molecule has 1 unspecified atom stereocenters. The highest BCUT2D eigenvalue weighted by molar-refractivity contribution is 5.95. The Balaban J connectivity index is 2.25. The van der Waals surface area contributed by atoms with Crippen molar-refractivity contribution in [1.82, 2.24) is 0 Å². The third kappa shape index (κ3) is 1.90. The van der Waals surface area contributed by atoms with Gasteiger partial charge in [-0.25, -0.2) is 0 Å². The van der Waals surface area contributed by atoms with Crippen LogP contribution in [0.4, 0.5) is 5.69 Å². The fraction of sp³-hybridized carbons (Fsp3) is 0.333. The van der Waals surface area contributed by atoms with Crippen LogP contribution in [0.3, 0.4) is 0 Å². The number of hydrogen-bond acceptors (Lipinski definition) is 3.